The van der Waals surface area contributed by atoms with Crippen LogP contribution in [0.25, 0.3) is 10.9 Å². The molecular formula is C12H15N3. The first-order chi connectivity index (χ1) is 7.45. The van der Waals surface area contributed by atoms with Gasteiger partial charge >= 0.3 is 0 Å². The van der Waals surface area contributed by atoms with E-state index in [0.717, 1.165) is 13.1 Å². The van der Waals surface area contributed by atoms with E-state index in [4.69, 9.17) is 0 Å². The number of aromatic nitrogens is 2. The molecule has 3 heteroatoms. The fraction of sp³-hybridized carbons (Fsp3) is 0.417. The van der Waals surface area contributed by atoms with Crippen molar-refractivity contribution in [1.29, 1.82) is 0 Å². The summed E-state index contributed by atoms with van der Waals surface area (Å²) in [6.07, 6.45) is 6.32. The van der Waals surface area contributed by atoms with Crippen molar-refractivity contribution in [3.8, 4) is 0 Å². The number of hydrogen-bond acceptors (Lipinski definition) is 2. The first kappa shape index (κ1) is 8.92. The minimum Gasteiger partial charge on any atom is -0.361 e. The predicted molar refractivity (Wildman–Crippen MR) is 60.9 cm³/mol. The number of piperidine rings is 1. The van der Waals surface area contributed by atoms with Crippen LogP contribution in [-0.2, 0) is 0 Å². The molecule has 0 radical (unpaired) electrons. The Balaban J connectivity index is 2.05. The molecule has 0 unspecified atom stereocenters. The molecule has 3 rings (SSSR count). The van der Waals surface area contributed by atoms with Gasteiger partial charge in [-0.1, -0.05) is 0 Å². The lowest BCUT2D eigenvalue weighted by atomic mass is 9.92. The van der Waals surface area contributed by atoms with E-state index in [2.05, 4.69) is 21.4 Å². The van der Waals surface area contributed by atoms with Crippen molar-refractivity contribution in [2.24, 2.45) is 0 Å². The van der Waals surface area contributed by atoms with Crippen LogP contribution in [0.1, 0.15) is 24.5 Å². The molecule has 1 saturated heterocycles. The third kappa shape index (κ3) is 1.53. The number of aromatic amines is 1. The van der Waals surface area contributed by atoms with Crippen LogP contribution in [0.3, 0.4) is 0 Å². The summed E-state index contributed by atoms with van der Waals surface area (Å²) >= 11 is 0. The van der Waals surface area contributed by atoms with Crippen LogP contribution >= 0.6 is 0 Å². The zero-order valence-electron chi connectivity index (χ0n) is 8.66. The zero-order valence-corrected chi connectivity index (χ0v) is 8.66. The van der Waals surface area contributed by atoms with Gasteiger partial charge in [-0.2, -0.15) is 0 Å². The van der Waals surface area contributed by atoms with Gasteiger partial charge in [-0.25, -0.2) is 0 Å². The Bertz CT molecular complexity index is 455. The van der Waals surface area contributed by atoms with E-state index in [1.54, 1.807) is 0 Å². The number of pyridine rings is 1. The Labute approximate surface area is 88.9 Å². The van der Waals surface area contributed by atoms with E-state index >= 15 is 0 Å². The normalized spacial score (nSPS) is 18.4. The molecule has 1 aliphatic heterocycles. The van der Waals surface area contributed by atoms with Gasteiger partial charge in [-0.05, 0) is 38.1 Å². The molecule has 0 aromatic carbocycles. The van der Waals surface area contributed by atoms with Crippen molar-refractivity contribution < 1.29 is 0 Å². The van der Waals surface area contributed by atoms with Crippen molar-refractivity contribution in [1.82, 2.24) is 15.3 Å². The molecule has 0 amide bonds. The average Bonchev–Trinajstić information content (AvgIpc) is 2.78. The largest absolute Gasteiger partial charge is 0.361 e. The second kappa shape index (κ2) is 3.66. The highest BCUT2D eigenvalue weighted by molar-refractivity contribution is 5.81. The van der Waals surface area contributed by atoms with Crippen LogP contribution in [-0.4, -0.2) is 23.1 Å². The van der Waals surface area contributed by atoms with Crippen molar-refractivity contribution in [3.05, 3.63) is 30.2 Å². The SMILES string of the molecule is c1cc2[nH]ccc2c(C2CCNCC2)n1. The molecule has 0 spiro atoms. The minimum absolute atomic E-state index is 0.630. The molecule has 2 aromatic heterocycles. The van der Waals surface area contributed by atoms with E-state index in [0.29, 0.717) is 5.92 Å². The summed E-state index contributed by atoms with van der Waals surface area (Å²) < 4.78 is 0. The summed E-state index contributed by atoms with van der Waals surface area (Å²) in [5, 5.41) is 4.69. The molecule has 3 heterocycles. The maximum Gasteiger partial charge on any atom is 0.0529 e. The van der Waals surface area contributed by atoms with E-state index in [9.17, 15) is 0 Å². The van der Waals surface area contributed by atoms with Crippen LogP contribution in [0.5, 0.6) is 0 Å². The Kier molecular flexibility index (Phi) is 2.18. The Hall–Kier alpha value is -1.35. The number of hydrogen-bond donors (Lipinski definition) is 2. The Morgan fingerprint density at radius 3 is 2.93 bits per heavy atom. The first-order valence-electron chi connectivity index (χ1n) is 5.58. The molecule has 15 heavy (non-hydrogen) atoms. The quantitative estimate of drug-likeness (QED) is 0.741. The Morgan fingerprint density at radius 1 is 1.20 bits per heavy atom. The summed E-state index contributed by atoms with van der Waals surface area (Å²) in [6, 6.07) is 4.18. The molecule has 2 N–H and O–H groups in total. The summed E-state index contributed by atoms with van der Waals surface area (Å²) in [7, 11) is 0. The molecule has 1 fully saturated rings. The molecule has 78 valence electrons. The van der Waals surface area contributed by atoms with Gasteiger partial charge in [0, 0.05) is 29.2 Å². The van der Waals surface area contributed by atoms with E-state index < -0.39 is 0 Å². The molecule has 1 aliphatic rings. The molecule has 0 saturated carbocycles. The molecule has 0 bridgehead atoms. The highest BCUT2D eigenvalue weighted by atomic mass is 14.9. The van der Waals surface area contributed by atoms with Crippen LogP contribution in [0.15, 0.2) is 24.5 Å². The third-order valence-electron chi connectivity index (χ3n) is 3.24. The zero-order chi connectivity index (χ0) is 10.1. The lowest BCUT2D eigenvalue weighted by Gasteiger charge is -2.22. The smallest absolute Gasteiger partial charge is 0.0529 e. The standard InChI is InChI=1S/C12H15N3/c1-5-13-6-2-9(1)12-10-3-7-14-11(10)4-8-15-12/h3-4,7-9,13-14H,1-2,5-6H2. The molecule has 0 atom stereocenters. The number of nitrogens with one attached hydrogen (secondary N) is 2. The van der Waals surface area contributed by atoms with Gasteiger partial charge in [-0.3, -0.25) is 4.98 Å². The molecule has 0 aliphatic carbocycles. The number of rotatable bonds is 1. The third-order valence-corrected chi connectivity index (χ3v) is 3.24. The van der Waals surface area contributed by atoms with Gasteiger partial charge in [-0.15, -0.1) is 0 Å². The van der Waals surface area contributed by atoms with Crippen LogP contribution < -0.4 is 5.32 Å². The van der Waals surface area contributed by atoms with Crippen LogP contribution in [0.2, 0.25) is 0 Å². The van der Waals surface area contributed by atoms with Crippen molar-refractivity contribution in [2.75, 3.05) is 13.1 Å². The molecule has 3 nitrogen and oxygen atoms in total. The van der Waals surface area contributed by atoms with Gasteiger partial charge in [0.15, 0.2) is 0 Å². The highest BCUT2D eigenvalue weighted by Crippen LogP contribution is 2.28. The number of H-pyrrole nitrogens is 1. The fourth-order valence-electron chi connectivity index (χ4n) is 2.43. The Morgan fingerprint density at radius 2 is 2.07 bits per heavy atom. The second-order valence-electron chi connectivity index (χ2n) is 4.16. The van der Waals surface area contributed by atoms with E-state index in [-0.39, 0.29) is 0 Å². The number of nitrogens with zero attached hydrogens (tertiary/aromatic N) is 1. The van der Waals surface area contributed by atoms with Gasteiger partial charge < -0.3 is 10.3 Å². The van der Waals surface area contributed by atoms with Gasteiger partial charge in [0.25, 0.3) is 0 Å². The van der Waals surface area contributed by atoms with E-state index in [1.807, 2.05) is 18.5 Å². The maximum absolute atomic E-state index is 4.56. The topological polar surface area (TPSA) is 40.7 Å². The van der Waals surface area contributed by atoms with Crippen molar-refractivity contribution >= 4 is 10.9 Å². The fourth-order valence-corrected chi connectivity index (χ4v) is 2.43. The van der Waals surface area contributed by atoms with Crippen LogP contribution in [0.4, 0.5) is 0 Å². The lowest BCUT2D eigenvalue weighted by Crippen LogP contribution is -2.27. The van der Waals surface area contributed by atoms with Crippen molar-refractivity contribution in [3.63, 3.8) is 0 Å². The van der Waals surface area contributed by atoms with E-state index in [1.165, 1.54) is 29.4 Å². The summed E-state index contributed by atoms with van der Waals surface area (Å²) in [5.41, 5.74) is 2.48. The van der Waals surface area contributed by atoms with Crippen molar-refractivity contribution in [2.45, 2.75) is 18.8 Å². The monoisotopic (exact) mass is 201 g/mol. The summed E-state index contributed by atoms with van der Waals surface area (Å²) in [4.78, 5) is 7.80. The highest BCUT2D eigenvalue weighted by Gasteiger charge is 2.18. The lowest BCUT2D eigenvalue weighted by molar-refractivity contribution is 0.455. The first-order valence-corrected chi connectivity index (χ1v) is 5.58. The second-order valence-corrected chi connectivity index (χ2v) is 4.16. The van der Waals surface area contributed by atoms with Crippen LogP contribution in [0, 0.1) is 0 Å². The maximum atomic E-state index is 4.56. The summed E-state index contributed by atoms with van der Waals surface area (Å²) in [6.45, 7) is 2.24. The predicted octanol–water partition coefficient (Wildman–Crippen LogP) is 2.03. The molecule has 2 aromatic rings. The number of fused-ring (bicyclic) bond motifs is 1. The summed E-state index contributed by atoms with van der Waals surface area (Å²) in [5.74, 6) is 0.630. The van der Waals surface area contributed by atoms with Gasteiger partial charge in [0.05, 0.1) is 5.69 Å². The van der Waals surface area contributed by atoms with Gasteiger partial charge in [0.2, 0.25) is 0 Å². The minimum atomic E-state index is 0.630. The van der Waals surface area contributed by atoms with Gasteiger partial charge in [0.1, 0.15) is 0 Å². The average molecular weight is 201 g/mol. The molecular weight excluding hydrogens is 186 g/mol.